The lowest BCUT2D eigenvalue weighted by molar-refractivity contribution is -0.146. The molecule has 1 rings (SSSR count). The van der Waals surface area contributed by atoms with Gasteiger partial charge in [0.05, 0.1) is 14.2 Å². The van der Waals surface area contributed by atoms with Gasteiger partial charge >= 0.3 is 19.5 Å². The molecule has 10 nitrogen and oxygen atoms in total. The van der Waals surface area contributed by atoms with Crippen molar-refractivity contribution in [1.82, 2.24) is 15.3 Å². The molecule has 0 aromatic heterocycles. The Morgan fingerprint density at radius 3 is 1.77 bits per heavy atom. The number of para-hydroxylation sites is 1. The highest BCUT2D eigenvalue weighted by Gasteiger charge is 2.35. The predicted octanol–water partition coefficient (Wildman–Crippen LogP) is 4.80. The largest absolute Gasteiger partial charge is 0.468 e. The number of methoxy groups -OCH3 is 2. The zero-order valence-corrected chi connectivity index (χ0v) is 25.0. The lowest BCUT2D eigenvalue weighted by Gasteiger charge is -2.29. The van der Waals surface area contributed by atoms with E-state index in [0.717, 1.165) is 0 Å². The highest BCUT2D eigenvalue weighted by Crippen LogP contribution is 2.40. The van der Waals surface area contributed by atoms with Gasteiger partial charge in [-0.3, -0.25) is 18.7 Å². The molecular formula is C23H45N3O7P2. The van der Waals surface area contributed by atoms with Gasteiger partial charge in [-0.25, -0.2) is 15.3 Å². The molecule has 0 saturated carbocycles. The quantitative estimate of drug-likeness (QED) is 0.298. The smallest absolute Gasteiger partial charge is 0.325 e. The zero-order chi connectivity index (χ0) is 28.1. The van der Waals surface area contributed by atoms with Crippen LogP contribution >= 0.6 is 15.0 Å². The van der Waals surface area contributed by atoms with Gasteiger partial charge in [0, 0.05) is 18.9 Å². The fourth-order valence-electron chi connectivity index (χ4n) is 2.78. The van der Waals surface area contributed by atoms with Gasteiger partial charge in [-0.2, -0.15) is 0 Å². The van der Waals surface area contributed by atoms with Crippen LogP contribution in [0.15, 0.2) is 30.3 Å². The van der Waals surface area contributed by atoms with Gasteiger partial charge in [0.25, 0.3) is 0 Å². The molecule has 0 aliphatic rings. The molecule has 1 aromatic carbocycles. The van der Waals surface area contributed by atoms with Gasteiger partial charge < -0.3 is 14.0 Å². The summed E-state index contributed by atoms with van der Waals surface area (Å²) in [6.07, 6.45) is 0. The number of esters is 2. The first kappa shape index (κ1) is 35.5. The molecule has 204 valence electrons. The second-order valence-corrected chi connectivity index (χ2v) is 13.6. The zero-order valence-electron chi connectivity index (χ0n) is 23.2. The van der Waals surface area contributed by atoms with Crippen molar-refractivity contribution in [2.45, 2.75) is 72.5 Å². The molecule has 0 aliphatic carbocycles. The minimum atomic E-state index is -3.11. The number of nitrogens with one attached hydrogen (secondary N) is 3. The van der Waals surface area contributed by atoms with Crippen molar-refractivity contribution in [2.75, 3.05) is 27.5 Å². The number of benzene rings is 1. The lowest BCUT2D eigenvalue weighted by atomic mass is 10.1. The highest BCUT2D eigenvalue weighted by molar-refractivity contribution is 7.59. The molecule has 3 unspecified atom stereocenters. The molecule has 0 heterocycles. The summed E-state index contributed by atoms with van der Waals surface area (Å²) >= 11 is 0. The van der Waals surface area contributed by atoms with Crippen LogP contribution in [0.2, 0.25) is 0 Å². The second kappa shape index (κ2) is 15.4. The van der Waals surface area contributed by atoms with E-state index >= 15 is 0 Å². The monoisotopic (exact) mass is 537 g/mol. The Hall–Kier alpha value is -1.70. The highest BCUT2D eigenvalue weighted by atomic mass is 31.2. The molecule has 0 fully saturated rings. The minimum absolute atomic E-state index is 0.223. The Balaban J connectivity index is 0. The summed E-state index contributed by atoms with van der Waals surface area (Å²) in [6, 6.07) is 8.44. The maximum Gasteiger partial charge on any atom is 0.325 e. The first-order chi connectivity index (χ1) is 15.8. The normalized spacial score (nSPS) is 15.4. The van der Waals surface area contributed by atoms with Crippen LogP contribution in [0.4, 0.5) is 0 Å². The Morgan fingerprint density at radius 1 is 0.886 bits per heavy atom. The van der Waals surface area contributed by atoms with E-state index in [-0.39, 0.29) is 5.54 Å². The molecule has 0 saturated heterocycles. The van der Waals surface area contributed by atoms with E-state index in [0.29, 0.717) is 5.75 Å². The summed E-state index contributed by atoms with van der Waals surface area (Å²) in [5, 5.41) is 8.24. The number of hydrogen-bond acceptors (Lipinski definition) is 7. The topological polar surface area (TPSA) is 132 Å². The van der Waals surface area contributed by atoms with Gasteiger partial charge in [-0.1, -0.05) is 32.0 Å². The Morgan fingerprint density at radius 2 is 1.37 bits per heavy atom. The Kier molecular flexibility index (Phi) is 15.6. The van der Waals surface area contributed by atoms with Crippen LogP contribution in [0.1, 0.15) is 55.4 Å². The van der Waals surface area contributed by atoms with E-state index in [1.165, 1.54) is 27.8 Å². The van der Waals surface area contributed by atoms with Crippen LogP contribution in [0.3, 0.4) is 0 Å². The molecule has 3 atom stereocenters. The molecular weight excluding hydrogens is 492 g/mol. The fourth-order valence-corrected chi connectivity index (χ4v) is 6.64. The summed E-state index contributed by atoms with van der Waals surface area (Å²) in [7, 11) is -3.40. The summed E-state index contributed by atoms with van der Waals surface area (Å²) in [5.74, 6) is -0.452. The average molecular weight is 538 g/mol. The molecule has 12 heteroatoms. The summed E-state index contributed by atoms with van der Waals surface area (Å²) in [4.78, 5) is 22.7. The lowest BCUT2D eigenvalue weighted by Crippen LogP contribution is -2.49. The number of carbonyl (C=O) groups is 2. The number of ether oxygens (including phenoxy) is 2. The number of rotatable bonds is 9. The van der Waals surface area contributed by atoms with Gasteiger partial charge in [0.15, 0.2) is 0 Å². The molecule has 0 bridgehead atoms. The van der Waals surface area contributed by atoms with Gasteiger partial charge in [0.2, 0.25) is 7.44 Å². The van der Waals surface area contributed by atoms with Crippen molar-refractivity contribution in [3.05, 3.63) is 30.3 Å². The van der Waals surface area contributed by atoms with Crippen LogP contribution in [-0.2, 0) is 28.2 Å². The second-order valence-electron chi connectivity index (χ2n) is 9.14. The maximum absolute atomic E-state index is 12.2. The van der Waals surface area contributed by atoms with E-state index < -0.39 is 38.5 Å². The van der Waals surface area contributed by atoms with Gasteiger partial charge in [-0.15, -0.1) is 0 Å². The van der Waals surface area contributed by atoms with Crippen molar-refractivity contribution >= 4 is 26.9 Å². The van der Waals surface area contributed by atoms with E-state index in [1.54, 1.807) is 32.6 Å². The Labute approximate surface area is 211 Å². The first-order valence-corrected chi connectivity index (χ1v) is 15.5. The molecule has 1 aromatic rings. The van der Waals surface area contributed by atoms with E-state index in [4.69, 9.17) is 4.52 Å². The van der Waals surface area contributed by atoms with Gasteiger partial charge in [0.1, 0.15) is 17.3 Å². The van der Waals surface area contributed by atoms with Crippen molar-refractivity contribution < 1.29 is 32.7 Å². The summed E-state index contributed by atoms with van der Waals surface area (Å²) in [5.41, 5.74) is -1.35. The summed E-state index contributed by atoms with van der Waals surface area (Å²) in [6.45, 7) is 17.4. The van der Waals surface area contributed by atoms with Crippen molar-refractivity contribution in [2.24, 2.45) is 0 Å². The van der Waals surface area contributed by atoms with Crippen LogP contribution < -0.4 is 19.8 Å². The molecule has 0 amide bonds. The standard InChI is InChI=1S/C11H18NO2P.C10H21N2O5P.C2H6/c1-11(2,3)12-15(4,13)14-10-8-6-5-7-9-10;1-7(8(13)16-4)11-18(6,15)12-10(2,3)9(14)17-5;1-2/h5-9H,1-4H3,(H,12,13);7H,1-6H3,(H2,11,12,15);1-2H3. The van der Waals surface area contributed by atoms with Crippen molar-refractivity contribution in [1.29, 1.82) is 0 Å². The Bertz CT molecular complexity index is 872. The molecule has 0 aliphatic heterocycles. The van der Waals surface area contributed by atoms with Crippen molar-refractivity contribution in [3.8, 4) is 5.75 Å². The van der Waals surface area contributed by atoms with E-state index in [1.807, 2.05) is 52.8 Å². The molecule has 35 heavy (non-hydrogen) atoms. The minimum Gasteiger partial charge on any atom is -0.468 e. The average Bonchev–Trinajstić information content (AvgIpc) is 2.71. The van der Waals surface area contributed by atoms with E-state index in [2.05, 4.69) is 24.7 Å². The molecule has 0 spiro atoms. The van der Waals surface area contributed by atoms with Gasteiger partial charge in [-0.05, 0) is 53.7 Å². The third-order valence-electron chi connectivity index (χ3n) is 3.74. The fraction of sp³-hybridized carbons (Fsp3) is 0.652. The number of carbonyl (C=O) groups excluding carboxylic acids is 2. The van der Waals surface area contributed by atoms with Crippen LogP contribution in [0, 0.1) is 0 Å². The number of hydrogen-bond donors (Lipinski definition) is 3. The molecule has 3 N–H and O–H groups in total. The van der Waals surface area contributed by atoms with Crippen LogP contribution in [0.5, 0.6) is 5.75 Å². The van der Waals surface area contributed by atoms with Crippen LogP contribution in [0.25, 0.3) is 0 Å². The third kappa shape index (κ3) is 16.6. The summed E-state index contributed by atoms with van der Waals surface area (Å²) < 4.78 is 38.8. The van der Waals surface area contributed by atoms with Crippen LogP contribution in [-0.4, -0.2) is 56.6 Å². The third-order valence-corrected chi connectivity index (χ3v) is 7.25. The van der Waals surface area contributed by atoms with Crippen molar-refractivity contribution in [3.63, 3.8) is 0 Å². The molecule has 0 radical (unpaired) electrons. The first-order valence-electron chi connectivity index (χ1n) is 11.3. The van der Waals surface area contributed by atoms with E-state index in [9.17, 15) is 18.7 Å². The SMILES string of the molecule is CC.CC(C)(C)NP(C)(=O)Oc1ccccc1.COC(=O)C(C)NP(C)(=O)NC(C)(C)C(=O)OC. The predicted molar refractivity (Wildman–Crippen MR) is 142 cm³/mol. The maximum atomic E-state index is 12.2.